The van der Waals surface area contributed by atoms with Crippen LogP contribution in [0.25, 0.3) is 11.2 Å². The van der Waals surface area contributed by atoms with Crippen molar-refractivity contribution in [2.45, 2.75) is 0 Å². The lowest BCUT2D eigenvalue weighted by atomic mass is 10.4. The van der Waals surface area contributed by atoms with Gasteiger partial charge in [-0.3, -0.25) is 4.98 Å². The first kappa shape index (κ1) is 7.64. The molecule has 4 nitrogen and oxygen atoms in total. The standard InChI is InChI=1S/C6H3Cl2N3O/c7-2-1-3-5(10-4(2)8)11-6(12)9-3/h1H,(H2,9,10,11,12). The van der Waals surface area contributed by atoms with Crippen molar-refractivity contribution in [1.29, 1.82) is 0 Å². The van der Waals surface area contributed by atoms with Gasteiger partial charge in [-0.1, -0.05) is 23.2 Å². The van der Waals surface area contributed by atoms with E-state index < -0.39 is 0 Å². The van der Waals surface area contributed by atoms with Gasteiger partial charge in [0.1, 0.15) is 5.15 Å². The lowest BCUT2D eigenvalue weighted by Crippen LogP contribution is -1.99. The van der Waals surface area contributed by atoms with Crippen LogP contribution in [0, 0.1) is 0 Å². The fourth-order valence-electron chi connectivity index (χ4n) is 0.918. The zero-order valence-corrected chi connectivity index (χ0v) is 7.20. The van der Waals surface area contributed by atoms with Crippen LogP contribution in [-0.4, -0.2) is 15.0 Å². The van der Waals surface area contributed by atoms with Crippen molar-refractivity contribution in [2.24, 2.45) is 0 Å². The molecule has 6 heteroatoms. The average Bonchev–Trinajstić information content (AvgIpc) is 2.30. The van der Waals surface area contributed by atoms with Crippen LogP contribution in [0.5, 0.6) is 0 Å². The molecule has 0 saturated heterocycles. The number of pyridine rings is 1. The largest absolute Gasteiger partial charge is 0.325 e. The van der Waals surface area contributed by atoms with E-state index in [-0.39, 0.29) is 10.8 Å². The second-order valence-corrected chi connectivity index (χ2v) is 3.00. The molecule has 0 bridgehead atoms. The Morgan fingerprint density at radius 1 is 1.33 bits per heavy atom. The van der Waals surface area contributed by atoms with E-state index in [2.05, 4.69) is 15.0 Å². The van der Waals surface area contributed by atoms with Gasteiger partial charge < -0.3 is 4.98 Å². The van der Waals surface area contributed by atoms with Crippen molar-refractivity contribution in [3.05, 3.63) is 26.7 Å². The van der Waals surface area contributed by atoms with Gasteiger partial charge >= 0.3 is 5.69 Å². The van der Waals surface area contributed by atoms with Crippen molar-refractivity contribution in [2.75, 3.05) is 0 Å². The number of nitrogens with one attached hydrogen (secondary N) is 2. The van der Waals surface area contributed by atoms with Gasteiger partial charge in [0.2, 0.25) is 0 Å². The van der Waals surface area contributed by atoms with Crippen molar-refractivity contribution in [3.8, 4) is 0 Å². The van der Waals surface area contributed by atoms with E-state index in [4.69, 9.17) is 23.2 Å². The van der Waals surface area contributed by atoms with Crippen LogP contribution in [0.1, 0.15) is 0 Å². The highest BCUT2D eigenvalue weighted by Gasteiger charge is 2.04. The molecule has 0 radical (unpaired) electrons. The summed E-state index contributed by atoms with van der Waals surface area (Å²) in [4.78, 5) is 19.6. The number of nitrogens with zero attached hydrogens (tertiary/aromatic N) is 1. The number of fused-ring (bicyclic) bond motifs is 1. The fourth-order valence-corrected chi connectivity index (χ4v) is 1.21. The second-order valence-electron chi connectivity index (χ2n) is 2.24. The molecule has 2 aromatic heterocycles. The maximum atomic E-state index is 10.8. The Balaban J connectivity index is 2.92. The zero-order valence-electron chi connectivity index (χ0n) is 5.69. The van der Waals surface area contributed by atoms with Crippen molar-refractivity contribution < 1.29 is 0 Å². The maximum absolute atomic E-state index is 10.8. The summed E-state index contributed by atoms with van der Waals surface area (Å²) in [5, 5.41) is 0.499. The number of aromatic amines is 2. The van der Waals surface area contributed by atoms with E-state index in [0.717, 1.165) is 0 Å². The first-order valence-electron chi connectivity index (χ1n) is 3.11. The first-order chi connectivity index (χ1) is 5.66. The highest BCUT2D eigenvalue weighted by molar-refractivity contribution is 6.41. The second kappa shape index (κ2) is 2.50. The number of aromatic nitrogens is 3. The van der Waals surface area contributed by atoms with Gasteiger partial charge in [-0.05, 0) is 6.07 Å². The molecule has 0 atom stereocenters. The molecule has 0 amide bonds. The summed E-state index contributed by atoms with van der Waals surface area (Å²) in [5.74, 6) is 0. The van der Waals surface area contributed by atoms with Gasteiger partial charge in [0, 0.05) is 0 Å². The molecule has 0 saturated carbocycles. The van der Waals surface area contributed by atoms with Gasteiger partial charge in [0.15, 0.2) is 5.65 Å². The molecule has 0 aliphatic heterocycles. The predicted octanol–water partition coefficient (Wildman–Crippen LogP) is 1.56. The molecule has 0 aliphatic rings. The monoisotopic (exact) mass is 203 g/mol. The molecule has 12 heavy (non-hydrogen) atoms. The third-order valence-electron chi connectivity index (χ3n) is 1.41. The van der Waals surface area contributed by atoms with E-state index in [0.29, 0.717) is 16.2 Å². The molecule has 0 spiro atoms. The molecule has 2 rings (SSSR count). The Kier molecular flexibility index (Phi) is 1.59. The van der Waals surface area contributed by atoms with Crippen LogP contribution in [-0.2, 0) is 0 Å². The molecular formula is C6H3Cl2N3O. The lowest BCUT2D eigenvalue weighted by molar-refractivity contribution is 1.20. The molecule has 0 unspecified atom stereocenters. The summed E-state index contributed by atoms with van der Waals surface area (Å²) in [6.07, 6.45) is 0. The summed E-state index contributed by atoms with van der Waals surface area (Å²) in [6, 6.07) is 1.55. The molecule has 0 aliphatic carbocycles. The van der Waals surface area contributed by atoms with Gasteiger partial charge in [-0.25, -0.2) is 9.78 Å². The predicted molar refractivity (Wildman–Crippen MR) is 46.7 cm³/mol. The lowest BCUT2D eigenvalue weighted by Gasteiger charge is -1.92. The fraction of sp³-hybridized carbons (Fsp3) is 0. The molecule has 2 aromatic rings. The van der Waals surface area contributed by atoms with E-state index in [1.165, 1.54) is 0 Å². The van der Waals surface area contributed by atoms with Crippen LogP contribution in [0.4, 0.5) is 0 Å². The van der Waals surface area contributed by atoms with Crippen LogP contribution in [0.15, 0.2) is 10.9 Å². The number of halogens is 2. The Morgan fingerprint density at radius 2 is 2.08 bits per heavy atom. The summed E-state index contributed by atoms with van der Waals surface area (Å²) in [7, 11) is 0. The third kappa shape index (κ3) is 1.09. The SMILES string of the molecule is O=c1[nH]c2cc(Cl)c(Cl)nc2[nH]1. The number of hydrogen-bond donors (Lipinski definition) is 2. The van der Waals surface area contributed by atoms with Gasteiger partial charge in [-0.15, -0.1) is 0 Å². The van der Waals surface area contributed by atoms with Crippen LogP contribution < -0.4 is 5.69 Å². The van der Waals surface area contributed by atoms with Gasteiger partial charge in [0.25, 0.3) is 0 Å². The van der Waals surface area contributed by atoms with E-state index in [1.807, 2.05) is 0 Å². The topological polar surface area (TPSA) is 61.5 Å². The number of rotatable bonds is 0. The maximum Gasteiger partial charge on any atom is 0.325 e. The summed E-state index contributed by atoms with van der Waals surface area (Å²) in [6.45, 7) is 0. The Bertz CT molecular complexity index is 445. The minimum absolute atomic E-state index is 0.180. The van der Waals surface area contributed by atoms with Crippen LogP contribution >= 0.6 is 23.2 Å². The van der Waals surface area contributed by atoms with Crippen molar-refractivity contribution in [1.82, 2.24) is 15.0 Å². The smallest absolute Gasteiger partial charge is 0.304 e. The Hall–Kier alpha value is -1.00. The highest BCUT2D eigenvalue weighted by atomic mass is 35.5. The highest BCUT2D eigenvalue weighted by Crippen LogP contribution is 2.21. The van der Waals surface area contributed by atoms with Crippen molar-refractivity contribution in [3.63, 3.8) is 0 Å². The van der Waals surface area contributed by atoms with Crippen LogP contribution in [0.3, 0.4) is 0 Å². The molecule has 0 aromatic carbocycles. The van der Waals surface area contributed by atoms with E-state index in [1.54, 1.807) is 6.07 Å². The molecule has 2 heterocycles. The van der Waals surface area contributed by atoms with Gasteiger partial charge in [-0.2, -0.15) is 0 Å². The normalized spacial score (nSPS) is 10.8. The summed E-state index contributed by atoms with van der Waals surface area (Å²) >= 11 is 11.3. The quantitative estimate of drug-likeness (QED) is 0.639. The number of imidazole rings is 1. The molecule has 0 fully saturated rings. The van der Waals surface area contributed by atoms with Crippen molar-refractivity contribution >= 4 is 34.4 Å². The zero-order chi connectivity index (χ0) is 8.72. The third-order valence-corrected chi connectivity index (χ3v) is 2.09. The molecule has 62 valence electrons. The number of H-pyrrole nitrogens is 2. The first-order valence-corrected chi connectivity index (χ1v) is 3.86. The summed E-state index contributed by atoms with van der Waals surface area (Å²) < 4.78 is 0. The summed E-state index contributed by atoms with van der Waals surface area (Å²) in [5.41, 5.74) is 0.639. The van der Waals surface area contributed by atoms with E-state index in [9.17, 15) is 4.79 Å². The molecule has 2 N–H and O–H groups in total. The van der Waals surface area contributed by atoms with Crippen LogP contribution in [0.2, 0.25) is 10.2 Å². The Labute approximate surface area is 76.5 Å². The minimum atomic E-state index is -0.323. The van der Waals surface area contributed by atoms with Gasteiger partial charge in [0.05, 0.1) is 10.5 Å². The minimum Gasteiger partial charge on any atom is -0.304 e. The number of hydrogen-bond acceptors (Lipinski definition) is 2. The van der Waals surface area contributed by atoms with E-state index >= 15 is 0 Å². The average molecular weight is 204 g/mol. The Morgan fingerprint density at radius 3 is 2.83 bits per heavy atom. The molecular weight excluding hydrogens is 201 g/mol.